The van der Waals surface area contributed by atoms with E-state index in [0.717, 1.165) is 21.6 Å². The Balaban J connectivity index is 2.36. The van der Waals surface area contributed by atoms with Crippen molar-refractivity contribution in [2.24, 2.45) is 0 Å². The van der Waals surface area contributed by atoms with Crippen LogP contribution in [0.4, 0.5) is 0 Å². The van der Waals surface area contributed by atoms with E-state index in [0.29, 0.717) is 0 Å². The van der Waals surface area contributed by atoms with Crippen LogP contribution in [0.5, 0.6) is 5.75 Å². The van der Waals surface area contributed by atoms with Gasteiger partial charge in [-0.1, -0.05) is 30.4 Å². The van der Waals surface area contributed by atoms with Crippen molar-refractivity contribution in [3.8, 4) is 17.0 Å². The largest absolute Gasteiger partial charge is 0.491 e. The fourth-order valence-corrected chi connectivity index (χ4v) is 1.81. The van der Waals surface area contributed by atoms with E-state index in [1.54, 1.807) is 0 Å². The summed E-state index contributed by atoms with van der Waals surface area (Å²) in [5, 5.41) is 0. The van der Waals surface area contributed by atoms with Gasteiger partial charge in [0.2, 0.25) is 0 Å². The average molecular weight is 245 g/mol. The number of pyridine rings is 1. The number of H-pyrrole nitrogens is 1. The third-order valence-corrected chi connectivity index (χ3v) is 2.52. The fourth-order valence-electron chi connectivity index (χ4n) is 1.63. The van der Waals surface area contributed by atoms with Gasteiger partial charge in [0, 0.05) is 11.3 Å². The molecule has 0 fully saturated rings. The molecular formula is C14H15NOS. The number of aromatic nitrogens is 1. The molecule has 0 aliphatic heterocycles. The number of nitrogens with one attached hydrogen (secondary N) is 1. The highest BCUT2D eigenvalue weighted by Crippen LogP contribution is 2.22. The zero-order chi connectivity index (χ0) is 12.3. The number of hydrogen-bond donors (Lipinski definition) is 1. The van der Waals surface area contributed by atoms with Gasteiger partial charge >= 0.3 is 0 Å². The molecule has 0 aliphatic rings. The summed E-state index contributed by atoms with van der Waals surface area (Å²) in [5.41, 5.74) is 2.08. The monoisotopic (exact) mass is 245 g/mol. The summed E-state index contributed by atoms with van der Waals surface area (Å²) in [6, 6.07) is 13.8. The summed E-state index contributed by atoms with van der Waals surface area (Å²) in [4.78, 5) is 3.16. The minimum absolute atomic E-state index is 0.180. The number of ether oxygens (including phenoxy) is 1. The number of rotatable bonds is 3. The number of benzene rings is 1. The quantitative estimate of drug-likeness (QED) is 0.820. The summed E-state index contributed by atoms with van der Waals surface area (Å²) in [5.74, 6) is 0.876. The minimum atomic E-state index is 0.180. The van der Waals surface area contributed by atoms with E-state index in [-0.39, 0.29) is 6.10 Å². The normalized spacial score (nSPS) is 10.5. The van der Waals surface area contributed by atoms with Crippen molar-refractivity contribution in [3.05, 3.63) is 47.1 Å². The van der Waals surface area contributed by atoms with Crippen LogP contribution in [-0.4, -0.2) is 11.1 Å². The lowest BCUT2D eigenvalue weighted by Gasteiger charge is -2.10. The molecule has 2 aromatic rings. The van der Waals surface area contributed by atoms with Gasteiger partial charge in [-0.25, -0.2) is 0 Å². The third kappa shape index (κ3) is 3.17. The molecule has 1 N–H and O–H groups in total. The third-order valence-electron chi connectivity index (χ3n) is 2.29. The number of hydrogen-bond acceptors (Lipinski definition) is 2. The molecule has 0 unspecified atom stereocenters. The van der Waals surface area contributed by atoms with E-state index in [1.807, 2.05) is 56.3 Å². The SMILES string of the molecule is CC(C)Oc1cccc(-c2cccc(=S)[nH]2)c1. The maximum absolute atomic E-state index is 5.67. The highest BCUT2D eigenvalue weighted by atomic mass is 32.1. The molecule has 0 atom stereocenters. The molecule has 3 heteroatoms. The van der Waals surface area contributed by atoms with E-state index in [2.05, 4.69) is 4.98 Å². The molecule has 0 saturated carbocycles. The van der Waals surface area contributed by atoms with E-state index in [9.17, 15) is 0 Å². The fraction of sp³-hybridized carbons (Fsp3) is 0.214. The van der Waals surface area contributed by atoms with Gasteiger partial charge < -0.3 is 9.72 Å². The van der Waals surface area contributed by atoms with E-state index in [1.165, 1.54) is 0 Å². The Bertz CT molecular complexity index is 560. The molecule has 1 aromatic carbocycles. The smallest absolute Gasteiger partial charge is 0.120 e. The molecule has 0 bridgehead atoms. The lowest BCUT2D eigenvalue weighted by molar-refractivity contribution is 0.242. The van der Waals surface area contributed by atoms with E-state index < -0.39 is 0 Å². The predicted octanol–water partition coefficient (Wildman–Crippen LogP) is 4.20. The van der Waals surface area contributed by atoms with Crippen molar-refractivity contribution < 1.29 is 4.74 Å². The van der Waals surface area contributed by atoms with Crippen LogP contribution in [0.2, 0.25) is 0 Å². The first kappa shape index (κ1) is 11.9. The Kier molecular flexibility index (Phi) is 3.59. The molecule has 88 valence electrons. The summed E-state index contributed by atoms with van der Waals surface area (Å²) in [6.07, 6.45) is 0.180. The molecule has 0 aliphatic carbocycles. The van der Waals surface area contributed by atoms with Crippen molar-refractivity contribution in [3.63, 3.8) is 0 Å². The van der Waals surface area contributed by atoms with E-state index >= 15 is 0 Å². The molecule has 0 radical (unpaired) electrons. The van der Waals surface area contributed by atoms with Crippen molar-refractivity contribution in [1.29, 1.82) is 0 Å². The van der Waals surface area contributed by atoms with Gasteiger partial charge in [0.15, 0.2) is 0 Å². The second-order valence-corrected chi connectivity index (χ2v) is 4.56. The molecule has 0 amide bonds. The van der Waals surface area contributed by atoms with Crippen LogP contribution in [0.25, 0.3) is 11.3 Å². The first-order valence-corrected chi connectivity index (χ1v) is 6.02. The molecule has 2 nitrogen and oxygen atoms in total. The van der Waals surface area contributed by atoms with Crippen LogP contribution in [0.1, 0.15) is 13.8 Å². The topological polar surface area (TPSA) is 25.0 Å². The van der Waals surface area contributed by atoms with Crippen molar-refractivity contribution in [2.75, 3.05) is 0 Å². The van der Waals surface area contributed by atoms with Crippen LogP contribution >= 0.6 is 12.2 Å². The Morgan fingerprint density at radius 2 is 1.88 bits per heavy atom. The van der Waals surface area contributed by atoms with Crippen molar-refractivity contribution in [1.82, 2.24) is 4.98 Å². The van der Waals surface area contributed by atoms with Gasteiger partial charge in [-0.05, 0) is 38.1 Å². The summed E-state index contributed by atoms with van der Waals surface area (Å²) in [7, 11) is 0. The first-order chi connectivity index (χ1) is 8.15. The molecular weight excluding hydrogens is 230 g/mol. The second kappa shape index (κ2) is 5.15. The number of aromatic amines is 1. The standard InChI is InChI=1S/C14H15NOS/c1-10(2)16-12-6-3-5-11(9-12)13-7-4-8-14(17)15-13/h3-10H,1-2H3,(H,15,17). The zero-order valence-corrected chi connectivity index (χ0v) is 10.8. The van der Waals surface area contributed by atoms with Crippen LogP contribution in [0, 0.1) is 4.64 Å². The average Bonchev–Trinajstić information content (AvgIpc) is 2.28. The molecule has 17 heavy (non-hydrogen) atoms. The Morgan fingerprint density at radius 1 is 1.12 bits per heavy atom. The van der Waals surface area contributed by atoms with Gasteiger partial charge in [-0.3, -0.25) is 0 Å². The second-order valence-electron chi connectivity index (χ2n) is 4.12. The van der Waals surface area contributed by atoms with Crippen LogP contribution < -0.4 is 4.74 Å². The highest BCUT2D eigenvalue weighted by molar-refractivity contribution is 7.71. The highest BCUT2D eigenvalue weighted by Gasteiger charge is 2.01. The molecule has 0 spiro atoms. The maximum Gasteiger partial charge on any atom is 0.120 e. The molecule has 0 saturated heterocycles. The van der Waals surface area contributed by atoms with Gasteiger partial charge in [-0.2, -0.15) is 0 Å². The lowest BCUT2D eigenvalue weighted by atomic mass is 10.1. The Labute approximate surface area is 106 Å². The van der Waals surface area contributed by atoms with Crippen molar-refractivity contribution in [2.45, 2.75) is 20.0 Å². The van der Waals surface area contributed by atoms with Gasteiger partial charge in [-0.15, -0.1) is 0 Å². The van der Waals surface area contributed by atoms with Gasteiger partial charge in [0.05, 0.1) is 6.10 Å². The van der Waals surface area contributed by atoms with Crippen LogP contribution in [0.15, 0.2) is 42.5 Å². The molecule has 2 rings (SSSR count). The lowest BCUT2D eigenvalue weighted by Crippen LogP contribution is -2.05. The Morgan fingerprint density at radius 3 is 2.59 bits per heavy atom. The van der Waals surface area contributed by atoms with Crippen molar-refractivity contribution >= 4 is 12.2 Å². The summed E-state index contributed by atoms with van der Waals surface area (Å²) >= 11 is 5.12. The zero-order valence-electron chi connectivity index (χ0n) is 9.94. The van der Waals surface area contributed by atoms with Gasteiger partial charge in [0.25, 0.3) is 0 Å². The van der Waals surface area contributed by atoms with Crippen LogP contribution in [-0.2, 0) is 0 Å². The summed E-state index contributed by atoms with van der Waals surface area (Å²) in [6.45, 7) is 4.03. The van der Waals surface area contributed by atoms with Gasteiger partial charge in [0.1, 0.15) is 10.4 Å². The van der Waals surface area contributed by atoms with Crippen LogP contribution in [0.3, 0.4) is 0 Å². The Hall–Kier alpha value is -1.61. The first-order valence-electron chi connectivity index (χ1n) is 5.61. The molecule has 1 heterocycles. The predicted molar refractivity (Wildman–Crippen MR) is 72.8 cm³/mol. The summed E-state index contributed by atoms with van der Waals surface area (Å²) < 4.78 is 6.40. The minimum Gasteiger partial charge on any atom is -0.491 e. The van der Waals surface area contributed by atoms with E-state index in [4.69, 9.17) is 17.0 Å². The molecule has 1 aromatic heterocycles. The maximum atomic E-state index is 5.67.